The van der Waals surface area contributed by atoms with E-state index in [-0.39, 0.29) is 0 Å². The number of para-hydroxylation sites is 2. The molecule has 0 saturated carbocycles. The number of benzene rings is 7. The van der Waals surface area contributed by atoms with E-state index in [4.69, 9.17) is 24.7 Å². The van der Waals surface area contributed by atoms with Gasteiger partial charge >= 0.3 is 0 Å². The van der Waals surface area contributed by atoms with E-state index in [2.05, 4.69) is 133 Å². The third-order valence-electron chi connectivity index (χ3n) is 11.7. The van der Waals surface area contributed by atoms with E-state index >= 15 is 0 Å². The summed E-state index contributed by atoms with van der Waals surface area (Å²) in [6, 6.07) is 63.8. The van der Waals surface area contributed by atoms with E-state index in [1.54, 1.807) is 0 Å². The minimum Gasteiger partial charge on any atom is -0.456 e. The van der Waals surface area contributed by atoms with Crippen molar-refractivity contribution in [1.82, 2.24) is 19.9 Å². The van der Waals surface area contributed by atoms with Gasteiger partial charge in [-0.3, -0.25) is 4.98 Å². The van der Waals surface area contributed by atoms with E-state index in [0.717, 1.165) is 73.0 Å². The predicted molar refractivity (Wildman–Crippen MR) is 232 cm³/mol. The maximum absolute atomic E-state index is 6.95. The molecule has 0 unspecified atom stereocenters. The Balaban J connectivity index is 1.05. The summed E-state index contributed by atoms with van der Waals surface area (Å²) < 4.78 is 6.95. The third-order valence-corrected chi connectivity index (χ3v) is 11.7. The number of hydrogen-bond acceptors (Lipinski definition) is 5. The van der Waals surface area contributed by atoms with Gasteiger partial charge in [0.05, 0.1) is 5.41 Å². The van der Waals surface area contributed by atoms with Gasteiger partial charge in [-0.15, -0.1) is 0 Å². The minimum atomic E-state index is -0.522. The summed E-state index contributed by atoms with van der Waals surface area (Å²) >= 11 is 0. The van der Waals surface area contributed by atoms with Crippen LogP contribution in [0.5, 0.6) is 11.5 Å². The van der Waals surface area contributed by atoms with Crippen molar-refractivity contribution in [2.24, 2.45) is 0 Å². The Kier molecular flexibility index (Phi) is 7.76. The Labute approximate surface area is 337 Å². The SMILES string of the molecule is Cc1ccc(-c2ccccc2-c2nc(-c3ccccc3)nc(-c3ccc(-c4cccc5c4Oc4ccccc4C54c5ccccc5-c5ccccc54)cc3)n2)c(C)n1. The molecule has 0 fully saturated rings. The minimum absolute atomic E-state index is 0.522. The van der Waals surface area contributed by atoms with Crippen LogP contribution in [0, 0.1) is 13.8 Å². The summed E-state index contributed by atoms with van der Waals surface area (Å²) in [6.45, 7) is 4.06. The van der Waals surface area contributed by atoms with Crippen LogP contribution in [0.4, 0.5) is 0 Å². The molecular weight excluding hydrogens is 709 g/mol. The van der Waals surface area contributed by atoms with Gasteiger partial charge in [0.2, 0.25) is 0 Å². The molecular formula is C53H36N4O. The second-order valence-electron chi connectivity index (χ2n) is 15.0. The van der Waals surface area contributed by atoms with Gasteiger partial charge in [-0.2, -0.15) is 0 Å². The molecule has 0 atom stereocenters. The van der Waals surface area contributed by atoms with Crippen molar-refractivity contribution in [2.45, 2.75) is 19.3 Å². The number of rotatable bonds is 5. The Morgan fingerprint density at radius 2 is 0.862 bits per heavy atom. The molecule has 2 aromatic heterocycles. The zero-order valence-electron chi connectivity index (χ0n) is 32.0. The molecule has 11 rings (SSSR count). The van der Waals surface area contributed by atoms with Crippen LogP contribution >= 0.6 is 0 Å². The Morgan fingerprint density at radius 3 is 1.55 bits per heavy atom. The Hall–Kier alpha value is -7.50. The van der Waals surface area contributed by atoms with Crippen LogP contribution in [0.15, 0.2) is 182 Å². The van der Waals surface area contributed by atoms with Crippen LogP contribution < -0.4 is 4.74 Å². The molecule has 1 aliphatic heterocycles. The molecule has 0 N–H and O–H groups in total. The first-order valence-electron chi connectivity index (χ1n) is 19.6. The van der Waals surface area contributed by atoms with Crippen molar-refractivity contribution in [3.63, 3.8) is 0 Å². The van der Waals surface area contributed by atoms with Gasteiger partial charge in [0.25, 0.3) is 0 Å². The number of ether oxygens (including phenoxy) is 1. The molecule has 9 aromatic rings. The lowest BCUT2D eigenvalue weighted by atomic mass is 9.65. The monoisotopic (exact) mass is 744 g/mol. The van der Waals surface area contributed by atoms with Crippen LogP contribution in [0.3, 0.4) is 0 Å². The van der Waals surface area contributed by atoms with E-state index in [1.807, 2.05) is 62.4 Å². The topological polar surface area (TPSA) is 60.8 Å². The van der Waals surface area contributed by atoms with Crippen molar-refractivity contribution in [2.75, 3.05) is 0 Å². The number of pyridine rings is 1. The molecule has 5 heteroatoms. The number of hydrogen-bond donors (Lipinski definition) is 0. The summed E-state index contributed by atoms with van der Waals surface area (Å²) in [5, 5.41) is 0. The second kappa shape index (κ2) is 13.3. The Bertz CT molecular complexity index is 3020. The molecule has 0 bridgehead atoms. The highest BCUT2D eigenvalue weighted by atomic mass is 16.5. The fourth-order valence-electron chi connectivity index (χ4n) is 9.13. The van der Waals surface area contributed by atoms with Crippen LogP contribution in [-0.4, -0.2) is 19.9 Å². The van der Waals surface area contributed by atoms with Gasteiger partial charge in [-0.05, 0) is 59.4 Å². The molecule has 3 heterocycles. The summed E-state index contributed by atoms with van der Waals surface area (Å²) in [5.41, 5.74) is 15.7. The van der Waals surface area contributed by atoms with Crippen LogP contribution in [0.2, 0.25) is 0 Å². The molecule has 5 nitrogen and oxygen atoms in total. The van der Waals surface area contributed by atoms with E-state index in [0.29, 0.717) is 17.5 Å². The molecule has 1 aliphatic carbocycles. The quantitative estimate of drug-likeness (QED) is 0.176. The largest absolute Gasteiger partial charge is 0.456 e. The lowest BCUT2D eigenvalue weighted by Crippen LogP contribution is -2.32. The van der Waals surface area contributed by atoms with Crippen molar-refractivity contribution >= 4 is 0 Å². The van der Waals surface area contributed by atoms with Gasteiger partial charge in [-0.25, -0.2) is 15.0 Å². The molecule has 274 valence electrons. The van der Waals surface area contributed by atoms with Gasteiger partial charge in [-0.1, -0.05) is 170 Å². The van der Waals surface area contributed by atoms with E-state index in [9.17, 15) is 0 Å². The summed E-state index contributed by atoms with van der Waals surface area (Å²) in [7, 11) is 0. The lowest BCUT2D eigenvalue weighted by molar-refractivity contribution is 0.438. The first-order chi connectivity index (χ1) is 28.6. The average Bonchev–Trinajstić information content (AvgIpc) is 3.57. The summed E-state index contributed by atoms with van der Waals surface area (Å²) in [6.07, 6.45) is 0. The van der Waals surface area contributed by atoms with Crippen LogP contribution in [0.25, 0.3) is 67.5 Å². The first-order valence-corrected chi connectivity index (χ1v) is 19.6. The average molecular weight is 745 g/mol. The van der Waals surface area contributed by atoms with Crippen molar-refractivity contribution in [3.05, 3.63) is 216 Å². The lowest BCUT2D eigenvalue weighted by Gasteiger charge is -2.40. The van der Waals surface area contributed by atoms with Gasteiger partial charge in [0.15, 0.2) is 17.5 Å². The molecule has 0 saturated heterocycles. The summed E-state index contributed by atoms with van der Waals surface area (Å²) in [5.74, 6) is 3.56. The highest BCUT2D eigenvalue weighted by Gasteiger charge is 2.51. The van der Waals surface area contributed by atoms with Crippen molar-refractivity contribution in [3.8, 4) is 79.0 Å². The van der Waals surface area contributed by atoms with Gasteiger partial charge in [0.1, 0.15) is 11.5 Å². The van der Waals surface area contributed by atoms with E-state index in [1.165, 1.54) is 22.3 Å². The molecule has 0 amide bonds. The van der Waals surface area contributed by atoms with Crippen molar-refractivity contribution in [1.29, 1.82) is 0 Å². The smallest absolute Gasteiger partial charge is 0.164 e. The number of nitrogens with zero attached hydrogens (tertiary/aromatic N) is 4. The van der Waals surface area contributed by atoms with Crippen LogP contribution in [-0.2, 0) is 5.41 Å². The molecule has 7 aromatic carbocycles. The third kappa shape index (κ3) is 5.17. The van der Waals surface area contributed by atoms with Crippen LogP contribution in [0.1, 0.15) is 33.6 Å². The summed E-state index contributed by atoms with van der Waals surface area (Å²) in [4.78, 5) is 20.1. The zero-order chi connectivity index (χ0) is 38.8. The second-order valence-corrected chi connectivity index (χ2v) is 15.0. The van der Waals surface area contributed by atoms with Crippen molar-refractivity contribution < 1.29 is 4.74 Å². The maximum Gasteiger partial charge on any atom is 0.164 e. The molecule has 2 aliphatic rings. The Morgan fingerprint density at radius 1 is 0.345 bits per heavy atom. The highest BCUT2D eigenvalue weighted by molar-refractivity contribution is 5.90. The highest BCUT2D eigenvalue weighted by Crippen LogP contribution is 2.63. The fourth-order valence-corrected chi connectivity index (χ4v) is 9.13. The maximum atomic E-state index is 6.95. The van der Waals surface area contributed by atoms with Gasteiger partial charge in [0, 0.05) is 50.3 Å². The molecule has 58 heavy (non-hydrogen) atoms. The first kappa shape index (κ1) is 33.8. The normalized spacial score (nSPS) is 12.9. The van der Waals surface area contributed by atoms with Gasteiger partial charge < -0.3 is 4.74 Å². The zero-order valence-corrected chi connectivity index (χ0v) is 32.0. The number of aryl methyl sites for hydroxylation is 2. The van der Waals surface area contributed by atoms with E-state index < -0.39 is 5.41 Å². The molecule has 1 spiro atoms. The molecule has 0 radical (unpaired) electrons. The predicted octanol–water partition coefficient (Wildman–Crippen LogP) is 12.7. The standard InChI is InChI=1S/C53H36N4O/c1-33-27-32-38(34(2)54-33)40-17-6-7-20-43(40)52-56-50(36-15-4-3-5-16-36)55-51(57-52)37-30-28-35(29-31-37)39-21-14-25-47-49(39)58-48-26-13-12-24-46(48)53(47)44-22-10-8-18-41(44)42-19-9-11-23-45(42)53/h3-32H,1-2H3. The fraction of sp³-hybridized carbons (Fsp3) is 0.0566. The number of fused-ring (bicyclic) bond motifs is 9. The number of aromatic nitrogens is 4.